The van der Waals surface area contributed by atoms with E-state index < -0.39 is 16.1 Å². The Hall–Kier alpha value is -2.88. The van der Waals surface area contributed by atoms with E-state index in [2.05, 4.69) is 21.2 Å². The third kappa shape index (κ3) is 9.64. The van der Waals surface area contributed by atoms with Crippen LogP contribution in [0.4, 0.5) is 5.69 Å². The van der Waals surface area contributed by atoms with Crippen molar-refractivity contribution in [3.8, 4) is 0 Å². The van der Waals surface area contributed by atoms with Crippen molar-refractivity contribution in [3.05, 3.63) is 99.5 Å². The lowest BCUT2D eigenvalue weighted by molar-refractivity contribution is -0.141. The lowest BCUT2D eigenvalue weighted by atomic mass is 10.0. The van der Waals surface area contributed by atoms with Gasteiger partial charge in [0.2, 0.25) is 21.8 Å². The molecule has 0 aliphatic heterocycles. The molecule has 0 aromatic heterocycles. The van der Waals surface area contributed by atoms with E-state index in [0.717, 1.165) is 21.9 Å². The molecule has 0 saturated heterocycles. The summed E-state index contributed by atoms with van der Waals surface area (Å²) in [6, 6.07) is 23.0. The van der Waals surface area contributed by atoms with Gasteiger partial charge in [0.15, 0.2) is 0 Å². The van der Waals surface area contributed by atoms with Crippen LogP contribution in [0.3, 0.4) is 0 Å². The molecule has 0 saturated carbocycles. The van der Waals surface area contributed by atoms with E-state index in [-0.39, 0.29) is 43.8 Å². The van der Waals surface area contributed by atoms with E-state index in [1.54, 1.807) is 29.2 Å². The first kappa shape index (κ1) is 31.6. The number of nitrogens with zero attached hydrogens (tertiary/aromatic N) is 2. The number of hydrogen-bond donors (Lipinski definition) is 1. The van der Waals surface area contributed by atoms with Gasteiger partial charge in [-0.15, -0.1) is 0 Å². The summed E-state index contributed by atoms with van der Waals surface area (Å²) in [5, 5.41) is 3.39. The number of halogens is 2. The fourth-order valence-corrected chi connectivity index (χ4v) is 5.99. The Labute approximate surface area is 250 Å². The molecule has 0 radical (unpaired) electrons. The third-order valence-electron chi connectivity index (χ3n) is 6.19. The minimum absolute atomic E-state index is 0.0564. The van der Waals surface area contributed by atoms with Gasteiger partial charge < -0.3 is 10.2 Å². The number of sulfonamides is 1. The average molecular weight is 649 g/mol. The Morgan fingerprint density at radius 2 is 1.62 bits per heavy atom. The van der Waals surface area contributed by atoms with E-state index >= 15 is 0 Å². The third-order valence-corrected chi connectivity index (χ3v) is 8.11. The Balaban J connectivity index is 1.88. The molecule has 0 unspecified atom stereocenters. The van der Waals surface area contributed by atoms with Crippen molar-refractivity contribution in [2.24, 2.45) is 0 Å². The molecule has 3 aromatic rings. The zero-order chi connectivity index (χ0) is 29.3. The van der Waals surface area contributed by atoms with Crippen LogP contribution in [0, 0.1) is 0 Å². The van der Waals surface area contributed by atoms with Crippen LogP contribution < -0.4 is 9.62 Å². The molecule has 7 nitrogen and oxygen atoms in total. The molecule has 0 heterocycles. The van der Waals surface area contributed by atoms with Gasteiger partial charge in [0.1, 0.15) is 6.04 Å². The van der Waals surface area contributed by atoms with Crippen LogP contribution in [0.25, 0.3) is 0 Å². The van der Waals surface area contributed by atoms with Gasteiger partial charge in [-0.25, -0.2) is 8.42 Å². The van der Waals surface area contributed by atoms with Crippen molar-refractivity contribution in [1.29, 1.82) is 0 Å². The van der Waals surface area contributed by atoms with Crippen LogP contribution >= 0.6 is 27.5 Å². The number of carbonyl (C=O) groups is 2. The molecule has 0 bridgehead atoms. The highest BCUT2D eigenvalue weighted by molar-refractivity contribution is 9.10. The zero-order valence-corrected chi connectivity index (χ0v) is 26.0. The molecule has 3 rings (SSSR count). The molecule has 1 atom stereocenters. The largest absolute Gasteiger partial charge is 0.352 e. The van der Waals surface area contributed by atoms with E-state index in [1.165, 1.54) is 4.31 Å². The van der Waals surface area contributed by atoms with E-state index in [1.807, 2.05) is 68.4 Å². The molecule has 0 aliphatic rings. The summed E-state index contributed by atoms with van der Waals surface area (Å²) in [4.78, 5) is 28.9. The minimum Gasteiger partial charge on any atom is -0.352 e. The molecule has 10 heteroatoms. The second-order valence-electron chi connectivity index (χ2n) is 9.94. The zero-order valence-electron chi connectivity index (χ0n) is 22.9. The summed E-state index contributed by atoms with van der Waals surface area (Å²) in [7, 11) is -3.61. The summed E-state index contributed by atoms with van der Waals surface area (Å²) in [5.74, 6) is -0.474. The Kier molecular flexibility index (Phi) is 11.6. The molecule has 40 heavy (non-hydrogen) atoms. The topological polar surface area (TPSA) is 86.8 Å². The lowest BCUT2D eigenvalue weighted by Gasteiger charge is -2.32. The predicted octanol–water partition coefficient (Wildman–Crippen LogP) is 5.81. The lowest BCUT2D eigenvalue weighted by Crippen LogP contribution is -2.51. The predicted molar refractivity (Wildman–Crippen MR) is 165 cm³/mol. The number of carbonyl (C=O) groups excluding carboxylic acids is 2. The van der Waals surface area contributed by atoms with Gasteiger partial charge >= 0.3 is 0 Å². The van der Waals surface area contributed by atoms with Crippen LogP contribution in [0.2, 0.25) is 5.02 Å². The molecule has 214 valence electrons. The molecule has 3 aromatic carbocycles. The van der Waals surface area contributed by atoms with E-state index in [9.17, 15) is 18.0 Å². The van der Waals surface area contributed by atoms with Gasteiger partial charge in [-0.05, 0) is 61.7 Å². The minimum atomic E-state index is -3.61. The fraction of sp³-hybridized carbons (Fsp3) is 0.333. The second-order valence-corrected chi connectivity index (χ2v) is 13.2. The fourth-order valence-electron chi connectivity index (χ4n) is 4.40. The smallest absolute Gasteiger partial charge is 0.243 e. The van der Waals surface area contributed by atoms with Crippen LogP contribution in [-0.4, -0.2) is 50.0 Å². The van der Waals surface area contributed by atoms with Crippen molar-refractivity contribution in [2.75, 3.05) is 17.1 Å². The number of rotatable bonds is 13. The van der Waals surface area contributed by atoms with Gasteiger partial charge in [0.25, 0.3) is 0 Å². The molecular formula is C30H35BrClN3O4S. The monoisotopic (exact) mass is 647 g/mol. The molecule has 1 N–H and O–H groups in total. The maximum Gasteiger partial charge on any atom is 0.243 e. The highest BCUT2D eigenvalue weighted by atomic mass is 79.9. The number of benzene rings is 3. The summed E-state index contributed by atoms with van der Waals surface area (Å²) in [6.45, 7) is 4.09. The first-order valence-corrected chi connectivity index (χ1v) is 16.1. The standard InChI is InChI=1S/C30H35BrClN3O4S/c1-22(2)33-30(37)28(19-23-10-5-4-6-11-23)34(21-24-12-7-13-25(31)18-24)29(36)16-9-17-35(40(3,38)39)27-15-8-14-26(32)20-27/h4-8,10-15,18,20,22,28H,9,16-17,19,21H2,1-3H3,(H,33,37)/t28-/m1/s1. The van der Waals surface area contributed by atoms with E-state index in [0.29, 0.717) is 17.1 Å². The molecule has 0 fully saturated rings. The summed E-state index contributed by atoms with van der Waals surface area (Å²) in [6.07, 6.45) is 1.79. The number of hydrogen-bond acceptors (Lipinski definition) is 4. The number of nitrogens with one attached hydrogen (secondary N) is 1. The highest BCUT2D eigenvalue weighted by Crippen LogP contribution is 2.23. The maximum atomic E-state index is 13.8. The first-order chi connectivity index (χ1) is 18.9. The molecule has 2 amide bonds. The van der Waals surface area contributed by atoms with Crippen molar-refractivity contribution in [2.45, 2.75) is 51.7 Å². The maximum absolute atomic E-state index is 13.8. The average Bonchev–Trinajstić information content (AvgIpc) is 2.88. The normalized spacial score (nSPS) is 12.2. The summed E-state index contributed by atoms with van der Waals surface area (Å²) >= 11 is 9.59. The SMILES string of the molecule is CC(C)NC(=O)[C@@H](Cc1ccccc1)N(Cc1cccc(Br)c1)C(=O)CCCN(c1cccc(Cl)c1)S(C)(=O)=O. The van der Waals surface area contributed by atoms with Gasteiger partial charge in [0.05, 0.1) is 11.9 Å². The van der Waals surface area contributed by atoms with Gasteiger partial charge in [0, 0.05) is 41.5 Å². The molecular weight excluding hydrogens is 614 g/mol. The molecule has 0 spiro atoms. The second kappa shape index (κ2) is 14.7. The van der Waals surface area contributed by atoms with Crippen LogP contribution in [-0.2, 0) is 32.6 Å². The van der Waals surface area contributed by atoms with Crippen LogP contribution in [0.5, 0.6) is 0 Å². The Bertz CT molecular complexity index is 1400. The van der Waals surface area contributed by atoms with E-state index in [4.69, 9.17) is 11.6 Å². The number of anilines is 1. The summed E-state index contributed by atoms with van der Waals surface area (Å²) in [5.41, 5.74) is 2.24. The first-order valence-electron chi connectivity index (χ1n) is 13.1. The van der Waals surface area contributed by atoms with Gasteiger partial charge in [-0.2, -0.15) is 0 Å². The molecule has 0 aliphatic carbocycles. The Morgan fingerprint density at radius 3 is 2.25 bits per heavy atom. The Morgan fingerprint density at radius 1 is 0.950 bits per heavy atom. The number of amides is 2. The highest BCUT2D eigenvalue weighted by Gasteiger charge is 2.31. The summed E-state index contributed by atoms with van der Waals surface area (Å²) < 4.78 is 27.2. The van der Waals surface area contributed by atoms with Crippen LogP contribution in [0.1, 0.15) is 37.8 Å². The quantitative estimate of drug-likeness (QED) is 0.253. The van der Waals surface area contributed by atoms with Gasteiger partial charge in [-0.1, -0.05) is 76.1 Å². The van der Waals surface area contributed by atoms with Crippen molar-refractivity contribution in [1.82, 2.24) is 10.2 Å². The van der Waals surface area contributed by atoms with Gasteiger partial charge in [-0.3, -0.25) is 13.9 Å². The van der Waals surface area contributed by atoms with Crippen molar-refractivity contribution >= 4 is 55.1 Å². The van der Waals surface area contributed by atoms with Crippen molar-refractivity contribution in [3.63, 3.8) is 0 Å². The van der Waals surface area contributed by atoms with Crippen LogP contribution in [0.15, 0.2) is 83.3 Å². The van der Waals surface area contributed by atoms with Crippen molar-refractivity contribution < 1.29 is 18.0 Å².